The molecule has 0 radical (unpaired) electrons. The normalized spacial score (nSPS) is 11.9. The van der Waals surface area contributed by atoms with E-state index >= 15 is 0 Å². The predicted octanol–water partition coefficient (Wildman–Crippen LogP) is 13.2. The van der Waals surface area contributed by atoms with Gasteiger partial charge in [-0.25, -0.2) is 4.79 Å². The van der Waals surface area contributed by atoms with E-state index in [0.29, 0.717) is 17.9 Å². The van der Waals surface area contributed by atoms with E-state index in [1.807, 2.05) is 18.2 Å². The van der Waals surface area contributed by atoms with Crippen molar-refractivity contribution in [3.05, 3.63) is 77.9 Å². The van der Waals surface area contributed by atoms with Gasteiger partial charge in [-0.2, -0.15) is 0 Å². The molecule has 1 N–H and O–H groups in total. The van der Waals surface area contributed by atoms with Crippen molar-refractivity contribution in [1.29, 1.82) is 0 Å². The maximum absolute atomic E-state index is 12.0. The number of hydrogen-bond acceptors (Lipinski definition) is 3. The molecule has 0 amide bonds. The minimum Gasteiger partial charge on any atom is -0.494 e. The highest BCUT2D eigenvalue weighted by Gasteiger charge is 2.14. The van der Waals surface area contributed by atoms with E-state index in [9.17, 15) is 9.90 Å². The molecule has 0 heterocycles. The molecule has 0 aliphatic rings. The van der Waals surface area contributed by atoms with E-state index < -0.39 is 5.97 Å². The molecule has 0 aliphatic carbocycles. The molecule has 0 bridgehead atoms. The van der Waals surface area contributed by atoms with E-state index in [-0.39, 0.29) is 11.7 Å². The van der Waals surface area contributed by atoms with Gasteiger partial charge in [-0.1, -0.05) is 165 Å². The van der Waals surface area contributed by atoms with E-state index in [1.165, 1.54) is 102 Å². The van der Waals surface area contributed by atoms with E-state index in [2.05, 4.69) is 57.2 Å². The van der Waals surface area contributed by atoms with Crippen LogP contribution in [-0.2, 0) is 4.74 Å². The molecule has 1 atom stereocenters. The van der Waals surface area contributed by atoms with Crippen LogP contribution < -0.4 is 4.74 Å². The lowest BCUT2D eigenvalue weighted by Gasteiger charge is -2.14. The largest absolute Gasteiger partial charge is 0.494 e. The van der Waals surface area contributed by atoms with Gasteiger partial charge in [0.15, 0.2) is 0 Å². The first-order chi connectivity index (χ1) is 23.0. The second kappa shape index (κ2) is 23.3. The van der Waals surface area contributed by atoms with Crippen LogP contribution in [0.3, 0.4) is 0 Å². The van der Waals surface area contributed by atoms with Crippen molar-refractivity contribution in [2.45, 2.75) is 142 Å². The Morgan fingerprint density at radius 1 is 0.574 bits per heavy atom. The number of aromatic carboxylic acids is 1. The lowest BCUT2D eigenvalue weighted by molar-refractivity contribution is 0.0627. The van der Waals surface area contributed by atoms with Crippen LogP contribution in [0, 0.1) is 0 Å². The van der Waals surface area contributed by atoms with Crippen LogP contribution in [0.15, 0.2) is 66.7 Å². The molecule has 0 saturated heterocycles. The molecule has 3 aromatic carbocycles. The van der Waals surface area contributed by atoms with Gasteiger partial charge in [-0.05, 0) is 65.8 Å². The van der Waals surface area contributed by atoms with Crippen LogP contribution in [0.1, 0.15) is 158 Å². The van der Waals surface area contributed by atoms with Gasteiger partial charge < -0.3 is 14.6 Å². The van der Waals surface area contributed by atoms with E-state index in [4.69, 9.17) is 9.47 Å². The topological polar surface area (TPSA) is 55.8 Å². The third-order valence-electron chi connectivity index (χ3n) is 9.26. The molecule has 0 fully saturated rings. The third kappa shape index (κ3) is 14.7. The predicted molar refractivity (Wildman–Crippen MR) is 199 cm³/mol. The van der Waals surface area contributed by atoms with Crippen molar-refractivity contribution < 1.29 is 19.4 Å². The minimum atomic E-state index is -0.935. The Balaban J connectivity index is 1.38. The summed E-state index contributed by atoms with van der Waals surface area (Å²) in [6.07, 6.45) is 23.7. The van der Waals surface area contributed by atoms with Crippen LogP contribution in [0.25, 0.3) is 22.3 Å². The fourth-order valence-corrected chi connectivity index (χ4v) is 6.20. The number of hydrogen-bond donors (Lipinski definition) is 1. The molecule has 0 saturated carbocycles. The van der Waals surface area contributed by atoms with Gasteiger partial charge in [0.2, 0.25) is 0 Å². The summed E-state index contributed by atoms with van der Waals surface area (Å²) >= 11 is 0. The monoisotopic (exact) mass is 642 g/mol. The first-order valence-electron chi connectivity index (χ1n) is 18.9. The summed E-state index contributed by atoms with van der Waals surface area (Å²) in [4.78, 5) is 12.0. The van der Waals surface area contributed by atoms with Crippen LogP contribution in [0.2, 0.25) is 0 Å². The summed E-state index contributed by atoms with van der Waals surface area (Å²) in [7, 11) is 0. The molecule has 47 heavy (non-hydrogen) atoms. The molecular formula is C43H62O4. The lowest BCUT2D eigenvalue weighted by Crippen LogP contribution is -2.02. The Morgan fingerprint density at radius 3 is 1.55 bits per heavy atom. The summed E-state index contributed by atoms with van der Waals surface area (Å²) in [5, 5.41) is 9.81. The molecule has 3 aromatic rings. The third-order valence-corrected chi connectivity index (χ3v) is 9.26. The fraction of sp³-hybridized carbons (Fsp3) is 0.558. The molecule has 0 spiro atoms. The zero-order valence-electron chi connectivity index (χ0n) is 29.7. The van der Waals surface area contributed by atoms with E-state index in [0.717, 1.165) is 42.6 Å². The maximum atomic E-state index is 12.0. The molecule has 0 aromatic heterocycles. The Bertz CT molecular complexity index is 1250. The van der Waals surface area contributed by atoms with Crippen molar-refractivity contribution in [2.75, 3.05) is 13.2 Å². The minimum absolute atomic E-state index is 0.0731. The van der Waals surface area contributed by atoms with Gasteiger partial charge in [-0.3, -0.25) is 0 Å². The van der Waals surface area contributed by atoms with Gasteiger partial charge in [0.1, 0.15) is 5.75 Å². The summed E-state index contributed by atoms with van der Waals surface area (Å²) < 4.78 is 12.1. The van der Waals surface area contributed by atoms with Gasteiger partial charge in [0.25, 0.3) is 0 Å². The summed E-state index contributed by atoms with van der Waals surface area (Å²) in [6.45, 7) is 8.06. The number of carboxylic acid groups (broad SMARTS) is 1. The van der Waals surface area contributed by atoms with Crippen LogP contribution in [-0.4, -0.2) is 24.3 Å². The van der Waals surface area contributed by atoms with Gasteiger partial charge >= 0.3 is 5.97 Å². The van der Waals surface area contributed by atoms with Crippen molar-refractivity contribution in [3.63, 3.8) is 0 Å². The highest BCUT2D eigenvalue weighted by atomic mass is 16.5. The number of benzene rings is 3. The Labute approximate surface area is 286 Å². The number of carbonyl (C=O) groups is 1. The van der Waals surface area contributed by atoms with Crippen molar-refractivity contribution in [2.24, 2.45) is 0 Å². The van der Waals surface area contributed by atoms with Gasteiger partial charge in [-0.15, -0.1) is 0 Å². The molecule has 1 unspecified atom stereocenters. The second-order valence-electron chi connectivity index (χ2n) is 13.2. The van der Waals surface area contributed by atoms with E-state index in [1.54, 1.807) is 12.1 Å². The number of ether oxygens (including phenoxy) is 2. The average Bonchev–Trinajstić information content (AvgIpc) is 3.09. The average molecular weight is 643 g/mol. The zero-order chi connectivity index (χ0) is 33.5. The second-order valence-corrected chi connectivity index (χ2v) is 13.2. The summed E-state index contributed by atoms with van der Waals surface area (Å²) in [5.41, 5.74) is 5.23. The Hall–Kier alpha value is -3.11. The molecule has 258 valence electrons. The first-order valence-corrected chi connectivity index (χ1v) is 18.9. The maximum Gasteiger partial charge on any atom is 0.336 e. The summed E-state index contributed by atoms with van der Waals surface area (Å²) in [6, 6.07) is 22.0. The standard InChI is InChI=1S/C43H62O4/c1-4-6-8-10-11-12-13-14-15-16-17-18-19-21-32-46-35(3)36-22-24-37(25-23-36)38-26-28-39(29-27-38)42-34-40(30-31-41(42)43(44)45)47-33-20-9-7-5-2/h22-31,34-35H,4-21,32-33H2,1-3H3,(H,44,45). The van der Waals surface area contributed by atoms with Gasteiger partial charge in [0, 0.05) is 6.61 Å². The molecule has 4 nitrogen and oxygen atoms in total. The summed E-state index contributed by atoms with van der Waals surface area (Å²) in [5.74, 6) is -0.225. The van der Waals surface area contributed by atoms with Crippen molar-refractivity contribution in [3.8, 4) is 28.0 Å². The highest BCUT2D eigenvalue weighted by Crippen LogP contribution is 2.31. The Kier molecular flexibility index (Phi) is 19.0. The number of rotatable bonds is 26. The van der Waals surface area contributed by atoms with Crippen LogP contribution >= 0.6 is 0 Å². The highest BCUT2D eigenvalue weighted by molar-refractivity contribution is 5.96. The van der Waals surface area contributed by atoms with Crippen molar-refractivity contribution >= 4 is 5.97 Å². The fourth-order valence-electron chi connectivity index (χ4n) is 6.20. The molecule has 4 heteroatoms. The number of carboxylic acids is 1. The molecule has 3 rings (SSSR count). The first kappa shape index (κ1) is 38.3. The SMILES string of the molecule is CCCCCCCCCCCCCCCCOC(C)c1ccc(-c2ccc(-c3cc(OCCCCCC)ccc3C(=O)O)cc2)cc1. The van der Waals surface area contributed by atoms with Crippen LogP contribution in [0.5, 0.6) is 5.75 Å². The smallest absolute Gasteiger partial charge is 0.336 e. The van der Waals surface area contributed by atoms with Crippen molar-refractivity contribution in [1.82, 2.24) is 0 Å². The zero-order valence-corrected chi connectivity index (χ0v) is 29.7. The van der Waals surface area contributed by atoms with Gasteiger partial charge in [0.05, 0.1) is 18.3 Å². The van der Waals surface area contributed by atoms with Crippen LogP contribution in [0.4, 0.5) is 0 Å². The number of unbranched alkanes of at least 4 members (excludes halogenated alkanes) is 16. The molecule has 0 aliphatic heterocycles. The quantitative estimate of drug-likeness (QED) is 0.0885. The Morgan fingerprint density at radius 2 is 1.02 bits per heavy atom. The lowest BCUT2D eigenvalue weighted by atomic mass is 9.96. The molecular weight excluding hydrogens is 580 g/mol.